The van der Waals surface area contributed by atoms with Gasteiger partial charge in [0.25, 0.3) is 0 Å². The van der Waals surface area contributed by atoms with E-state index in [1.165, 1.54) is 0 Å². The fourth-order valence-corrected chi connectivity index (χ4v) is 2.50. The molecule has 0 aliphatic carbocycles. The van der Waals surface area contributed by atoms with Gasteiger partial charge in [0.1, 0.15) is 5.82 Å². The van der Waals surface area contributed by atoms with Crippen LogP contribution < -0.4 is 5.32 Å². The van der Waals surface area contributed by atoms with Gasteiger partial charge in [0, 0.05) is 43.3 Å². The quantitative estimate of drug-likeness (QED) is 0.844. The molecule has 0 radical (unpaired) electrons. The van der Waals surface area contributed by atoms with E-state index in [1.807, 2.05) is 18.7 Å². The van der Waals surface area contributed by atoms with Crippen molar-refractivity contribution in [3.8, 4) is 0 Å². The van der Waals surface area contributed by atoms with Crippen LogP contribution in [0.2, 0.25) is 0 Å². The Morgan fingerprint density at radius 3 is 2.16 bits per heavy atom. The van der Waals surface area contributed by atoms with Crippen molar-refractivity contribution >= 4 is 12.4 Å². The lowest BCUT2D eigenvalue weighted by Gasteiger charge is -2.36. The maximum atomic E-state index is 13.5. The van der Waals surface area contributed by atoms with Crippen LogP contribution in [-0.4, -0.2) is 30.1 Å². The van der Waals surface area contributed by atoms with Gasteiger partial charge in [0.2, 0.25) is 0 Å². The summed E-state index contributed by atoms with van der Waals surface area (Å²) in [6, 6.07) is 2.17. The first-order valence-electron chi connectivity index (χ1n) is 6.07. The Morgan fingerprint density at radius 1 is 1.05 bits per heavy atom. The van der Waals surface area contributed by atoms with E-state index in [1.54, 1.807) is 0 Å². The van der Waals surface area contributed by atoms with E-state index in [-0.39, 0.29) is 18.0 Å². The zero-order chi connectivity index (χ0) is 13.3. The molecule has 6 heteroatoms. The largest absolute Gasteiger partial charge is 0.309 e. The molecule has 19 heavy (non-hydrogen) atoms. The molecule has 1 aromatic carbocycles. The molecule has 1 aromatic rings. The fraction of sp³-hybridized carbons (Fsp3) is 0.538. The second-order valence-corrected chi connectivity index (χ2v) is 5.02. The average molecular weight is 295 g/mol. The van der Waals surface area contributed by atoms with Gasteiger partial charge in [-0.2, -0.15) is 0 Å². The van der Waals surface area contributed by atoms with Crippen molar-refractivity contribution in [2.75, 3.05) is 13.1 Å². The zero-order valence-electron chi connectivity index (χ0n) is 10.9. The Labute approximate surface area is 117 Å². The van der Waals surface area contributed by atoms with Gasteiger partial charge < -0.3 is 5.32 Å². The lowest BCUT2D eigenvalue weighted by Crippen LogP contribution is -2.53. The monoisotopic (exact) mass is 294 g/mol. The Bertz CT molecular complexity index is 432. The molecule has 1 aliphatic heterocycles. The zero-order valence-corrected chi connectivity index (χ0v) is 11.7. The second kappa shape index (κ2) is 6.59. The standard InChI is InChI=1S/C13H17F3N2.ClH/c1-8-5-18(6-9(2)17-8)7-10-3-12(15)13(16)4-11(10)14;/h3-4,8-9,17H,5-7H2,1-2H3;1H. The summed E-state index contributed by atoms with van der Waals surface area (Å²) < 4.78 is 39.4. The van der Waals surface area contributed by atoms with Crippen LogP contribution >= 0.6 is 12.4 Å². The third kappa shape index (κ3) is 4.09. The molecular formula is C13H18ClF3N2. The molecule has 0 saturated carbocycles. The van der Waals surface area contributed by atoms with Crippen LogP contribution in [0.15, 0.2) is 12.1 Å². The van der Waals surface area contributed by atoms with Gasteiger partial charge in [-0.05, 0) is 19.9 Å². The lowest BCUT2D eigenvalue weighted by molar-refractivity contribution is 0.164. The SMILES string of the molecule is CC1CN(Cc2cc(F)c(F)cc2F)CC(C)N1.Cl. The highest BCUT2D eigenvalue weighted by atomic mass is 35.5. The summed E-state index contributed by atoms with van der Waals surface area (Å²) in [4.78, 5) is 2.04. The van der Waals surface area contributed by atoms with Crippen LogP contribution in [0, 0.1) is 17.5 Å². The van der Waals surface area contributed by atoms with Gasteiger partial charge >= 0.3 is 0 Å². The van der Waals surface area contributed by atoms with E-state index < -0.39 is 17.5 Å². The number of nitrogens with zero attached hydrogens (tertiary/aromatic N) is 1. The molecule has 108 valence electrons. The highest BCUT2D eigenvalue weighted by Crippen LogP contribution is 2.17. The number of rotatable bonds is 2. The van der Waals surface area contributed by atoms with E-state index in [0.29, 0.717) is 24.7 Å². The second-order valence-electron chi connectivity index (χ2n) is 5.02. The first-order chi connectivity index (χ1) is 8.45. The molecule has 2 nitrogen and oxygen atoms in total. The first-order valence-corrected chi connectivity index (χ1v) is 6.07. The molecule has 1 N–H and O–H groups in total. The van der Waals surface area contributed by atoms with Crippen molar-refractivity contribution in [3.05, 3.63) is 35.1 Å². The van der Waals surface area contributed by atoms with E-state index in [4.69, 9.17) is 0 Å². The molecule has 0 bridgehead atoms. The molecule has 2 unspecified atom stereocenters. The molecule has 1 aliphatic rings. The van der Waals surface area contributed by atoms with Crippen molar-refractivity contribution in [2.24, 2.45) is 0 Å². The minimum atomic E-state index is -1.14. The van der Waals surface area contributed by atoms with Crippen LogP contribution in [0.1, 0.15) is 19.4 Å². The topological polar surface area (TPSA) is 15.3 Å². The summed E-state index contributed by atoms with van der Waals surface area (Å²) in [7, 11) is 0. The van der Waals surface area contributed by atoms with Crippen LogP contribution in [0.4, 0.5) is 13.2 Å². The Balaban J connectivity index is 0.00000180. The molecule has 0 amide bonds. The minimum absolute atomic E-state index is 0. The third-order valence-corrected chi connectivity index (χ3v) is 3.12. The molecule has 0 aromatic heterocycles. The molecule has 0 spiro atoms. The number of halogens is 4. The van der Waals surface area contributed by atoms with Gasteiger partial charge in [0.05, 0.1) is 0 Å². The predicted molar refractivity (Wildman–Crippen MR) is 70.9 cm³/mol. The van der Waals surface area contributed by atoms with E-state index in [9.17, 15) is 13.2 Å². The number of hydrogen-bond acceptors (Lipinski definition) is 2. The highest BCUT2D eigenvalue weighted by Gasteiger charge is 2.22. The molecular weight excluding hydrogens is 277 g/mol. The van der Waals surface area contributed by atoms with Crippen molar-refractivity contribution in [2.45, 2.75) is 32.5 Å². The van der Waals surface area contributed by atoms with E-state index >= 15 is 0 Å². The molecule has 2 atom stereocenters. The number of hydrogen-bond donors (Lipinski definition) is 1. The van der Waals surface area contributed by atoms with Crippen molar-refractivity contribution in [1.29, 1.82) is 0 Å². The molecule has 1 fully saturated rings. The fourth-order valence-electron chi connectivity index (χ4n) is 2.50. The number of benzene rings is 1. The van der Waals surface area contributed by atoms with Gasteiger partial charge in [-0.25, -0.2) is 13.2 Å². The van der Waals surface area contributed by atoms with E-state index in [2.05, 4.69) is 5.32 Å². The smallest absolute Gasteiger partial charge is 0.161 e. The summed E-state index contributed by atoms with van der Waals surface area (Å²) in [5.41, 5.74) is 0.204. The maximum Gasteiger partial charge on any atom is 0.161 e. The summed E-state index contributed by atoms with van der Waals surface area (Å²) in [6.07, 6.45) is 0. The minimum Gasteiger partial charge on any atom is -0.309 e. The van der Waals surface area contributed by atoms with Crippen LogP contribution in [0.3, 0.4) is 0 Å². The Kier molecular flexibility index (Phi) is 5.64. The average Bonchev–Trinajstić information content (AvgIpc) is 2.24. The third-order valence-electron chi connectivity index (χ3n) is 3.12. The Hall–Kier alpha value is -0.780. The molecule has 1 saturated heterocycles. The maximum absolute atomic E-state index is 13.5. The van der Waals surface area contributed by atoms with Crippen LogP contribution in [0.5, 0.6) is 0 Å². The lowest BCUT2D eigenvalue weighted by atomic mass is 10.1. The van der Waals surface area contributed by atoms with Crippen LogP contribution in [0.25, 0.3) is 0 Å². The van der Waals surface area contributed by atoms with Gasteiger partial charge in [0.15, 0.2) is 11.6 Å². The van der Waals surface area contributed by atoms with Gasteiger partial charge in [-0.3, -0.25) is 4.90 Å². The highest BCUT2D eigenvalue weighted by molar-refractivity contribution is 5.85. The first kappa shape index (κ1) is 16.3. The van der Waals surface area contributed by atoms with Crippen molar-refractivity contribution < 1.29 is 13.2 Å². The Morgan fingerprint density at radius 2 is 1.58 bits per heavy atom. The normalized spacial score (nSPS) is 24.1. The van der Waals surface area contributed by atoms with Crippen molar-refractivity contribution in [3.63, 3.8) is 0 Å². The summed E-state index contributed by atoms with van der Waals surface area (Å²) in [5.74, 6) is -2.83. The van der Waals surface area contributed by atoms with Crippen molar-refractivity contribution in [1.82, 2.24) is 10.2 Å². The molecule has 2 rings (SSSR count). The van der Waals surface area contributed by atoms with Gasteiger partial charge in [-0.1, -0.05) is 0 Å². The summed E-state index contributed by atoms with van der Waals surface area (Å²) in [6.45, 7) is 5.93. The summed E-state index contributed by atoms with van der Waals surface area (Å²) in [5, 5.41) is 3.36. The van der Waals surface area contributed by atoms with E-state index in [0.717, 1.165) is 19.2 Å². The predicted octanol–water partition coefficient (Wildman–Crippen LogP) is 2.71. The number of nitrogens with one attached hydrogen (secondary N) is 1. The van der Waals surface area contributed by atoms with Crippen LogP contribution in [-0.2, 0) is 6.54 Å². The van der Waals surface area contributed by atoms with Gasteiger partial charge in [-0.15, -0.1) is 12.4 Å². The number of piperazine rings is 1. The molecule has 1 heterocycles. The summed E-state index contributed by atoms with van der Waals surface area (Å²) >= 11 is 0.